The molecule has 4 rings (SSSR count). The number of aromatic nitrogens is 4. The second-order valence-corrected chi connectivity index (χ2v) is 7.86. The second-order valence-electron chi connectivity index (χ2n) is 6.96. The predicted octanol–water partition coefficient (Wildman–Crippen LogP) is 2.80. The minimum atomic E-state index is 0.147. The molecule has 1 aliphatic rings. The van der Waals surface area contributed by atoms with Gasteiger partial charge in [-0.05, 0) is 18.1 Å². The molecule has 1 fully saturated rings. The fraction of sp³-hybridized carbons (Fsp3) is 0.368. The molecule has 1 saturated heterocycles. The maximum atomic E-state index is 10.4. The van der Waals surface area contributed by atoms with E-state index < -0.39 is 0 Å². The first-order chi connectivity index (χ1) is 13.1. The van der Waals surface area contributed by atoms with E-state index in [1.54, 1.807) is 18.5 Å². The van der Waals surface area contributed by atoms with Gasteiger partial charge in [0.1, 0.15) is 16.5 Å². The Morgan fingerprint density at radius 2 is 2.15 bits per heavy atom. The van der Waals surface area contributed by atoms with Gasteiger partial charge in [-0.2, -0.15) is 0 Å². The second kappa shape index (κ2) is 7.58. The SMILES string of the molecule is CC(C)[C@H]1CN(c2ncc(-c3ccc(-c4nccs4)cc3O)nn2)CCN1. The fourth-order valence-corrected chi connectivity index (χ4v) is 3.83. The molecule has 0 bridgehead atoms. The van der Waals surface area contributed by atoms with Gasteiger partial charge in [-0.25, -0.2) is 9.97 Å². The molecule has 0 saturated carbocycles. The van der Waals surface area contributed by atoms with Crippen molar-refractivity contribution in [2.45, 2.75) is 19.9 Å². The van der Waals surface area contributed by atoms with E-state index in [1.165, 1.54) is 11.3 Å². The minimum Gasteiger partial charge on any atom is -0.507 e. The summed E-state index contributed by atoms with van der Waals surface area (Å²) in [6.07, 6.45) is 3.42. The quantitative estimate of drug-likeness (QED) is 0.717. The number of phenolic OH excluding ortho intramolecular Hbond substituents is 1. The van der Waals surface area contributed by atoms with Crippen LogP contribution in [-0.4, -0.2) is 50.9 Å². The number of phenols is 1. The third kappa shape index (κ3) is 3.77. The number of nitrogens with zero attached hydrogens (tertiary/aromatic N) is 5. The highest BCUT2D eigenvalue weighted by molar-refractivity contribution is 7.13. The smallest absolute Gasteiger partial charge is 0.245 e. The molecule has 0 spiro atoms. The van der Waals surface area contributed by atoms with Crippen molar-refractivity contribution in [2.24, 2.45) is 5.92 Å². The maximum absolute atomic E-state index is 10.4. The van der Waals surface area contributed by atoms with Gasteiger partial charge < -0.3 is 15.3 Å². The Balaban J connectivity index is 1.54. The highest BCUT2D eigenvalue weighted by Crippen LogP contribution is 2.32. The van der Waals surface area contributed by atoms with E-state index >= 15 is 0 Å². The number of anilines is 1. The first kappa shape index (κ1) is 17.8. The van der Waals surface area contributed by atoms with E-state index in [9.17, 15) is 5.11 Å². The van der Waals surface area contributed by atoms with E-state index in [1.807, 2.05) is 17.5 Å². The zero-order valence-electron chi connectivity index (χ0n) is 15.3. The van der Waals surface area contributed by atoms with Crippen LogP contribution in [0.5, 0.6) is 5.75 Å². The third-order valence-corrected chi connectivity index (χ3v) is 5.62. The summed E-state index contributed by atoms with van der Waals surface area (Å²) >= 11 is 1.53. The minimum absolute atomic E-state index is 0.147. The first-order valence-corrected chi connectivity index (χ1v) is 9.91. The number of hydrogen-bond acceptors (Lipinski definition) is 8. The van der Waals surface area contributed by atoms with Crippen molar-refractivity contribution >= 4 is 17.3 Å². The van der Waals surface area contributed by atoms with Crippen molar-refractivity contribution in [3.05, 3.63) is 36.0 Å². The molecule has 0 amide bonds. The summed E-state index contributed by atoms with van der Waals surface area (Å²) in [7, 11) is 0. The average molecular weight is 382 g/mol. The molecule has 27 heavy (non-hydrogen) atoms. The van der Waals surface area contributed by atoms with Crippen molar-refractivity contribution < 1.29 is 5.11 Å². The lowest BCUT2D eigenvalue weighted by molar-refractivity contribution is 0.365. The molecule has 2 aromatic heterocycles. The zero-order chi connectivity index (χ0) is 18.8. The Morgan fingerprint density at radius 1 is 1.26 bits per heavy atom. The number of aromatic hydroxyl groups is 1. The summed E-state index contributed by atoms with van der Waals surface area (Å²) in [4.78, 5) is 10.9. The van der Waals surface area contributed by atoms with Gasteiger partial charge in [-0.1, -0.05) is 19.9 Å². The Morgan fingerprint density at radius 3 is 2.81 bits per heavy atom. The van der Waals surface area contributed by atoms with Crippen molar-refractivity contribution in [1.29, 1.82) is 0 Å². The van der Waals surface area contributed by atoms with Crippen LogP contribution in [-0.2, 0) is 0 Å². The van der Waals surface area contributed by atoms with Crippen molar-refractivity contribution in [1.82, 2.24) is 25.5 Å². The van der Waals surface area contributed by atoms with Crippen LogP contribution in [0.3, 0.4) is 0 Å². The predicted molar refractivity (Wildman–Crippen MR) is 107 cm³/mol. The van der Waals surface area contributed by atoms with Crippen LogP contribution in [0.1, 0.15) is 13.8 Å². The number of rotatable bonds is 4. The summed E-state index contributed by atoms with van der Waals surface area (Å²) in [6, 6.07) is 5.88. The van der Waals surface area contributed by atoms with E-state index in [0.717, 1.165) is 30.2 Å². The third-order valence-electron chi connectivity index (χ3n) is 4.80. The van der Waals surface area contributed by atoms with Crippen molar-refractivity contribution in [3.8, 4) is 27.6 Å². The summed E-state index contributed by atoms with van der Waals surface area (Å²) in [6.45, 7) is 7.06. The molecule has 1 aliphatic heterocycles. The number of benzene rings is 1. The number of hydrogen-bond donors (Lipinski definition) is 2. The number of thiazole rings is 1. The Bertz CT molecular complexity index is 897. The van der Waals surface area contributed by atoms with Gasteiger partial charge >= 0.3 is 0 Å². The maximum Gasteiger partial charge on any atom is 0.245 e. The standard InChI is InChI=1S/C19H22N6OS/c1-12(2)16-11-25(7-5-20-16)19-22-10-15(23-24-19)14-4-3-13(9-17(14)26)18-21-6-8-27-18/h3-4,6,8-10,12,16,20,26H,5,7,11H2,1-2H3/t16-/m1/s1. The molecule has 0 aliphatic carbocycles. The van der Waals surface area contributed by atoms with Crippen LogP contribution in [0.15, 0.2) is 36.0 Å². The van der Waals surface area contributed by atoms with Gasteiger partial charge in [-0.3, -0.25) is 0 Å². The average Bonchev–Trinajstić information content (AvgIpc) is 3.23. The van der Waals surface area contributed by atoms with E-state index in [0.29, 0.717) is 29.2 Å². The van der Waals surface area contributed by atoms with E-state index in [-0.39, 0.29) is 5.75 Å². The lowest BCUT2D eigenvalue weighted by Gasteiger charge is -2.35. The van der Waals surface area contributed by atoms with Crippen LogP contribution in [0.4, 0.5) is 5.95 Å². The molecule has 0 radical (unpaired) electrons. The highest BCUT2D eigenvalue weighted by Gasteiger charge is 2.23. The molecule has 1 atom stereocenters. The summed E-state index contributed by atoms with van der Waals surface area (Å²) in [5, 5.41) is 25.3. The molecule has 7 nitrogen and oxygen atoms in total. The highest BCUT2D eigenvalue weighted by atomic mass is 32.1. The molecular weight excluding hydrogens is 360 g/mol. The molecule has 0 unspecified atom stereocenters. The largest absolute Gasteiger partial charge is 0.507 e. The van der Waals surface area contributed by atoms with Crippen LogP contribution < -0.4 is 10.2 Å². The normalized spacial score (nSPS) is 17.4. The lowest BCUT2D eigenvalue weighted by atomic mass is 10.0. The Labute approximate surface area is 162 Å². The van der Waals surface area contributed by atoms with Crippen LogP contribution >= 0.6 is 11.3 Å². The molecule has 3 heterocycles. The molecule has 140 valence electrons. The van der Waals surface area contributed by atoms with Gasteiger partial charge in [0.15, 0.2) is 0 Å². The number of nitrogens with one attached hydrogen (secondary N) is 1. The van der Waals surface area contributed by atoms with Crippen LogP contribution in [0.25, 0.3) is 21.8 Å². The van der Waals surface area contributed by atoms with Gasteiger partial charge in [0, 0.05) is 48.4 Å². The van der Waals surface area contributed by atoms with E-state index in [4.69, 9.17) is 0 Å². The topological polar surface area (TPSA) is 87.1 Å². The molecule has 1 aromatic carbocycles. The summed E-state index contributed by atoms with van der Waals surface area (Å²) < 4.78 is 0. The zero-order valence-corrected chi connectivity index (χ0v) is 16.1. The van der Waals surface area contributed by atoms with Gasteiger partial charge in [0.2, 0.25) is 5.95 Å². The molecule has 3 aromatic rings. The molecule has 8 heteroatoms. The Kier molecular flexibility index (Phi) is 5.00. The molecular formula is C19H22N6OS. The van der Waals surface area contributed by atoms with Gasteiger partial charge in [-0.15, -0.1) is 21.5 Å². The van der Waals surface area contributed by atoms with Crippen molar-refractivity contribution in [2.75, 3.05) is 24.5 Å². The Hall–Kier alpha value is -2.58. The summed E-state index contributed by atoms with van der Waals surface area (Å²) in [5.74, 6) is 1.33. The van der Waals surface area contributed by atoms with Crippen molar-refractivity contribution in [3.63, 3.8) is 0 Å². The van der Waals surface area contributed by atoms with Gasteiger partial charge in [0.25, 0.3) is 0 Å². The first-order valence-electron chi connectivity index (χ1n) is 9.03. The lowest BCUT2D eigenvalue weighted by Crippen LogP contribution is -2.53. The fourth-order valence-electron chi connectivity index (χ4n) is 3.19. The van der Waals surface area contributed by atoms with Crippen LogP contribution in [0.2, 0.25) is 0 Å². The number of piperazine rings is 1. The molecule has 2 N–H and O–H groups in total. The van der Waals surface area contributed by atoms with Crippen LogP contribution in [0, 0.1) is 5.92 Å². The van der Waals surface area contributed by atoms with Gasteiger partial charge in [0.05, 0.1) is 6.20 Å². The van der Waals surface area contributed by atoms with E-state index in [2.05, 4.69) is 44.2 Å². The monoisotopic (exact) mass is 382 g/mol. The summed E-state index contributed by atoms with van der Waals surface area (Å²) in [5.41, 5.74) is 2.05.